The van der Waals surface area contributed by atoms with E-state index in [0.29, 0.717) is 6.42 Å². The fourth-order valence-corrected chi connectivity index (χ4v) is 3.52. The summed E-state index contributed by atoms with van der Waals surface area (Å²) in [5.74, 6) is -1.87. The summed E-state index contributed by atoms with van der Waals surface area (Å²) < 4.78 is 19.8. The predicted octanol–water partition coefficient (Wildman–Crippen LogP) is 6.94. The van der Waals surface area contributed by atoms with E-state index in [1.54, 1.807) is 0 Å². The molecule has 0 aromatic rings. The molecule has 0 aromatic heterocycles. The zero-order chi connectivity index (χ0) is 22.7. The number of unbranched alkanes of at least 4 members (excludes halogenated alkanes) is 14. The molecule has 0 aliphatic rings. The summed E-state index contributed by atoms with van der Waals surface area (Å²) in [4.78, 5) is 36.1. The molecule has 1 N–H and O–H groups in total. The summed E-state index contributed by atoms with van der Waals surface area (Å²) in [7, 11) is -4.77. The van der Waals surface area contributed by atoms with Gasteiger partial charge in [0.2, 0.25) is 0 Å². The zero-order valence-electron chi connectivity index (χ0n) is 18.9. The van der Waals surface area contributed by atoms with Crippen LogP contribution in [-0.4, -0.2) is 16.8 Å². The lowest BCUT2D eigenvalue weighted by molar-refractivity contribution is -0.219. The number of hydrogen-bond donors (Lipinski definition) is 1. The van der Waals surface area contributed by atoms with Gasteiger partial charge in [0.25, 0.3) is 0 Å². The second-order valence-corrected chi connectivity index (χ2v) is 9.13. The van der Waals surface area contributed by atoms with Crippen LogP contribution in [0.5, 0.6) is 0 Å². The average Bonchev–Trinajstić information content (AvgIpc) is 2.68. The molecular weight excluding hydrogens is 407 g/mol. The van der Waals surface area contributed by atoms with Gasteiger partial charge in [-0.2, -0.15) is 0 Å². The Morgan fingerprint density at radius 3 is 1.60 bits per heavy atom. The van der Waals surface area contributed by atoms with E-state index in [4.69, 9.17) is 0 Å². The fourth-order valence-electron chi connectivity index (χ4n) is 2.98. The van der Waals surface area contributed by atoms with E-state index >= 15 is 0 Å². The molecule has 176 valence electrons. The predicted molar refractivity (Wildman–Crippen MR) is 117 cm³/mol. The van der Waals surface area contributed by atoms with Gasteiger partial charge < -0.3 is 4.52 Å². The minimum Gasteiger partial charge on any atom is -0.369 e. The van der Waals surface area contributed by atoms with Crippen LogP contribution in [0.1, 0.15) is 117 Å². The molecule has 0 radical (unpaired) electrons. The van der Waals surface area contributed by atoms with Gasteiger partial charge in [0.05, 0.1) is 0 Å². The van der Waals surface area contributed by atoms with E-state index in [1.165, 1.54) is 77.6 Å². The first-order chi connectivity index (χ1) is 14.3. The van der Waals surface area contributed by atoms with Crippen molar-refractivity contribution in [2.75, 3.05) is 0 Å². The Hall–Kier alpha value is -1.17. The van der Waals surface area contributed by atoms with Gasteiger partial charge in [0.1, 0.15) is 0 Å². The summed E-state index contributed by atoms with van der Waals surface area (Å²) in [6.07, 6.45) is 18.2. The lowest BCUT2D eigenvalue weighted by Gasteiger charge is -2.10. The summed E-state index contributed by atoms with van der Waals surface area (Å²) in [5, 5.41) is 0. The lowest BCUT2D eigenvalue weighted by atomic mass is 10.0. The van der Waals surface area contributed by atoms with Crippen LogP contribution in [-0.2, 0) is 28.2 Å². The third kappa shape index (κ3) is 18.8. The van der Waals surface area contributed by atoms with Crippen LogP contribution >= 0.6 is 7.82 Å². The van der Waals surface area contributed by atoms with E-state index in [-0.39, 0.29) is 12.0 Å². The summed E-state index contributed by atoms with van der Waals surface area (Å²) in [5.41, 5.74) is -0.0147. The Kier molecular flexibility index (Phi) is 17.9. The smallest absolute Gasteiger partial charge is 0.369 e. The molecule has 0 saturated carbocycles. The Balaban J connectivity index is 3.49. The molecule has 0 spiro atoms. The molecule has 30 heavy (non-hydrogen) atoms. The molecule has 0 amide bonds. The van der Waals surface area contributed by atoms with Crippen molar-refractivity contribution in [3.63, 3.8) is 0 Å². The maximum absolute atomic E-state index is 11.6. The quantitative estimate of drug-likeness (QED) is 0.0707. The van der Waals surface area contributed by atoms with Crippen LogP contribution in [0.2, 0.25) is 0 Å². The van der Waals surface area contributed by atoms with Gasteiger partial charge in [-0.15, -0.1) is 0 Å². The maximum Gasteiger partial charge on any atom is 0.566 e. The highest BCUT2D eigenvalue weighted by molar-refractivity contribution is 7.47. The van der Waals surface area contributed by atoms with Gasteiger partial charge in [-0.1, -0.05) is 108 Å². The van der Waals surface area contributed by atoms with Gasteiger partial charge in [-0.25, -0.2) is 9.36 Å². The second-order valence-electron chi connectivity index (χ2n) is 7.86. The number of phosphoric ester groups is 1. The largest absolute Gasteiger partial charge is 0.566 e. The first kappa shape index (κ1) is 28.8. The van der Waals surface area contributed by atoms with E-state index in [9.17, 15) is 19.0 Å². The van der Waals surface area contributed by atoms with Crippen LogP contribution in [0.25, 0.3) is 0 Å². The first-order valence-electron chi connectivity index (χ1n) is 11.4. The Labute approximate surface area is 182 Å². The van der Waals surface area contributed by atoms with Crippen LogP contribution in [0.4, 0.5) is 0 Å². The summed E-state index contributed by atoms with van der Waals surface area (Å²) in [6.45, 7) is 6.88. The van der Waals surface area contributed by atoms with E-state index in [2.05, 4.69) is 27.6 Å². The molecule has 0 bridgehead atoms. The number of rotatable bonds is 20. The van der Waals surface area contributed by atoms with Crippen molar-refractivity contribution in [3.05, 3.63) is 12.2 Å². The number of phosphoric acid groups is 1. The molecule has 0 aliphatic carbocycles. The minimum atomic E-state index is -4.77. The highest BCUT2D eigenvalue weighted by Crippen LogP contribution is 2.44. The highest BCUT2D eigenvalue weighted by atomic mass is 31.2. The third-order valence-corrected chi connectivity index (χ3v) is 5.45. The van der Waals surface area contributed by atoms with Crippen molar-refractivity contribution in [2.24, 2.45) is 0 Å². The molecule has 0 aliphatic heterocycles. The van der Waals surface area contributed by atoms with Crippen LogP contribution in [0.3, 0.4) is 0 Å². The molecule has 0 fully saturated rings. The number of carbonyl (C=O) groups is 2. The van der Waals surface area contributed by atoms with Crippen molar-refractivity contribution in [1.82, 2.24) is 0 Å². The second kappa shape index (κ2) is 18.6. The van der Waals surface area contributed by atoms with Crippen molar-refractivity contribution >= 4 is 19.8 Å². The lowest BCUT2D eigenvalue weighted by Crippen LogP contribution is -2.08. The maximum atomic E-state index is 11.6. The standard InChI is InChI=1S/C22H41O7P/c1-4-5-6-7-8-9-10-11-12-13-14-15-16-17-18-19-21(23)28-30(25,26)29-27-22(24)20(2)3/h2,4-19H2,1,3H3,(H,25,26). The molecular formula is C22H41O7P. The molecule has 1 unspecified atom stereocenters. The monoisotopic (exact) mass is 448 g/mol. The van der Waals surface area contributed by atoms with Crippen molar-refractivity contribution in [1.29, 1.82) is 0 Å². The minimum absolute atomic E-state index is 0.0145. The molecule has 0 aromatic carbocycles. The van der Waals surface area contributed by atoms with Crippen molar-refractivity contribution in [2.45, 2.75) is 117 Å². The molecule has 0 rings (SSSR count). The van der Waals surface area contributed by atoms with Crippen LogP contribution < -0.4 is 0 Å². The molecule has 1 atom stereocenters. The SMILES string of the molecule is C=C(C)C(=O)OOP(=O)(O)OC(=O)CCCCCCCCCCCCCCCCC. The normalized spacial score (nSPS) is 12.9. The van der Waals surface area contributed by atoms with Crippen molar-refractivity contribution < 1.29 is 33.1 Å². The van der Waals surface area contributed by atoms with Crippen LogP contribution in [0, 0.1) is 0 Å². The van der Waals surface area contributed by atoms with Crippen molar-refractivity contribution in [3.8, 4) is 0 Å². The Morgan fingerprint density at radius 2 is 1.20 bits per heavy atom. The van der Waals surface area contributed by atoms with Gasteiger partial charge >= 0.3 is 19.8 Å². The van der Waals surface area contributed by atoms with E-state index in [1.807, 2.05) is 0 Å². The molecule has 7 nitrogen and oxygen atoms in total. The van der Waals surface area contributed by atoms with E-state index in [0.717, 1.165) is 19.3 Å². The third-order valence-electron chi connectivity index (χ3n) is 4.76. The molecule has 0 saturated heterocycles. The van der Waals surface area contributed by atoms with Gasteiger partial charge in [0.15, 0.2) is 0 Å². The van der Waals surface area contributed by atoms with E-state index < -0.39 is 19.8 Å². The van der Waals surface area contributed by atoms with Gasteiger partial charge in [0, 0.05) is 12.0 Å². The van der Waals surface area contributed by atoms with Gasteiger partial charge in [-0.05, 0) is 13.3 Å². The Bertz CT molecular complexity index is 534. The van der Waals surface area contributed by atoms with Crippen LogP contribution in [0.15, 0.2) is 12.2 Å². The number of hydrogen-bond acceptors (Lipinski definition) is 6. The Morgan fingerprint density at radius 1 is 0.800 bits per heavy atom. The summed E-state index contributed by atoms with van der Waals surface area (Å²) in [6, 6.07) is 0. The summed E-state index contributed by atoms with van der Waals surface area (Å²) >= 11 is 0. The fraction of sp³-hybridized carbons (Fsp3) is 0.818. The average molecular weight is 449 g/mol. The van der Waals surface area contributed by atoms with Gasteiger partial charge in [-0.3, -0.25) is 14.6 Å². The highest BCUT2D eigenvalue weighted by Gasteiger charge is 2.29. The zero-order valence-corrected chi connectivity index (χ0v) is 19.8. The topological polar surface area (TPSA) is 99.1 Å². The number of carbonyl (C=O) groups excluding carboxylic acids is 2. The molecule has 0 heterocycles. The molecule has 8 heteroatoms. The first-order valence-corrected chi connectivity index (χ1v) is 12.9.